The first kappa shape index (κ1) is 14.4. The number of fused-ring (bicyclic) bond motifs is 1. The molecule has 1 atom stereocenters. The van der Waals surface area contributed by atoms with Crippen molar-refractivity contribution in [3.05, 3.63) is 63.7 Å². The lowest BCUT2D eigenvalue weighted by Gasteiger charge is -2.23. The van der Waals surface area contributed by atoms with Gasteiger partial charge in [0, 0.05) is 5.02 Å². The Hall–Kier alpha value is -1.51. The number of benzene rings is 2. The van der Waals surface area contributed by atoms with Crippen LogP contribution in [0.1, 0.15) is 34.7 Å². The van der Waals surface area contributed by atoms with Crippen molar-refractivity contribution in [3.63, 3.8) is 0 Å². The van der Waals surface area contributed by atoms with Gasteiger partial charge in [-0.3, -0.25) is 0 Å². The van der Waals surface area contributed by atoms with E-state index in [2.05, 4.69) is 42.6 Å². The van der Waals surface area contributed by atoms with E-state index >= 15 is 0 Å². The standard InChI is InChI=1S/C18H20ClNO/c1-12-5-7-15(16(19)10-12)18(20-2)14-6-8-17-13(11-14)4-3-9-21-17/h5-8,10-11,18,20H,3-4,9H2,1-2H3. The first-order valence-electron chi connectivity index (χ1n) is 7.38. The molecule has 2 nitrogen and oxygen atoms in total. The zero-order chi connectivity index (χ0) is 14.8. The molecule has 1 unspecified atom stereocenters. The summed E-state index contributed by atoms with van der Waals surface area (Å²) in [6.45, 7) is 2.88. The van der Waals surface area contributed by atoms with Crippen molar-refractivity contribution in [2.24, 2.45) is 0 Å². The minimum atomic E-state index is 0.102. The molecule has 21 heavy (non-hydrogen) atoms. The third-order valence-electron chi connectivity index (χ3n) is 4.02. The summed E-state index contributed by atoms with van der Waals surface area (Å²) in [5, 5.41) is 4.19. The molecule has 1 aliphatic heterocycles. The molecule has 110 valence electrons. The molecule has 3 rings (SSSR count). The van der Waals surface area contributed by atoms with Crippen molar-refractivity contribution < 1.29 is 4.74 Å². The van der Waals surface area contributed by atoms with Crippen LogP contribution in [0, 0.1) is 6.92 Å². The Morgan fingerprint density at radius 3 is 2.81 bits per heavy atom. The Morgan fingerprint density at radius 1 is 1.19 bits per heavy atom. The van der Waals surface area contributed by atoms with Gasteiger partial charge in [0.2, 0.25) is 0 Å². The van der Waals surface area contributed by atoms with Gasteiger partial charge < -0.3 is 10.1 Å². The Bertz CT molecular complexity index is 654. The van der Waals surface area contributed by atoms with Crippen molar-refractivity contribution >= 4 is 11.6 Å². The largest absolute Gasteiger partial charge is 0.493 e. The minimum Gasteiger partial charge on any atom is -0.493 e. The zero-order valence-electron chi connectivity index (χ0n) is 12.4. The van der Waals surface area contributed by atoms with E-state index in [0.717, 1.165) is 35.8 Å². The number of nitrogens with one attached hydrogen (secondary N) is 1. The lowest BCUT2D eigenvalue weighted by molar-refractivity contribution is 0.288. The number of halogens is 1. The smallest absolute Gasteiger partial charge is 0.122 e. The van der Waals surface area contributed by atoms with Crippen LogP contribution in [0.2, 0.25) is 5.02 Å². The molecule has 0 saturated heterocycles. The summed E-state index contributed by atoms with van der Waals surface area (Å²) in [5.41, 5.74) is 4.81. The maximum absolute atomic E-state index is 6.43. The average molecular weight is 302 g/mol. The molecule has 1 heterocycles. The highest BCUT2D eigenvalue weighted by atomic mass is 35.5. The highest BCUT2D eigenvalue weighted by Crippen LogP contribution is 2.33. The number of rotatable bonds is 3. The topological polar surface area (TPSA) is 21.3 Å². The van der Waals surface area contributed by atoms with E-state index in [-0.39, 0.29) is 6.04 Å². The van der Waals surface area contributed by atoms with E-state index in [1.807, 2.05) is 13.1 Å². The molecule has 0 bridgehead atoms. The van der Waals surface area contributed by atoms with Gasteiger partial charge >= 0.3 is 0 Å². The van der Waals surface area contributed by atoms with E-state index in [9.17, 15) is 0 Å². The van der Waals surface area contributed by atoms with E-state index in [1.54, 1.807) is 0 Å². The van der Waals surface area contributed by atoms with Crippen molar-refractivity contribution in [2.45, 2.75) is 25.8 Å². The lowest BCUT2D eigenvalue weighted by atomic mass is 9.94. The molecule has 0 saturated carbocycles. The van der Waals surface area contributed by atoms with Gasteiger partial charge in [-0.2, -0.15) is 0 Å². The second kappa shape index (κ2) is 6.08. The molecule has 3 heteroatoms. The monoisotopic (exact) mass is 301 g/mol. The molecule has 0 fully saturated rings. The van der Waals surface area contributed by atoms with E-state index in [0.29, 0.717) is 0 Å². The van der Waals surface area contributed by atoms with Crippen LogP contribution in [0.25, 0.3) is 0 Å². The SMILES string of the molecule is CNC(c1ccc2c(c1)CCCO2)c1ccc(C)cc1Cl. The van der Waals surface area contributed by atoms with E-state index < -0.39 is 0 Å². The molecule has 2 aromatic rings. The van der Waals surface area contributed by atoms with E-state index in [4.69, 9.17) is 16.3 Å². The number of ether oxygens (including phenoxy) is 1. The predicted octanol–water partition coefficient (Wildman–Crippen LogP) is 4.28. The summed E-state index contributed by atoms with van der Waals surface area (Å²) in [7, 11) is 1.97. The summed E-state index contributed by atoms with van der Waals surface area (Å²) in [6, 6.07) is 12.8. The Labute approximate surface area is 131 Å². The Kier molecular flexibility index (Phi) is 4.18. The highest BCUT2D eigenvalue weighted by molar-refractivity contribution is 6.31. The first-order valence-corrected chi connectivity index (χ1v) is 7.76. The van der Waals surface area contributed by atoms with Gasteiger partial charge in [-0.05, 0) is 61.2 Å². The van der Waals surface area contributed by atoms with Gasteiger partial charge in [-0.25, -0.2) is 0 Å². The number of hydrogen-bond acceptors (Lipinski definition) is 2. The quantitative estimate of drug-likeness (QED) is 0.913. The van der Waals surface area contributed by atoms with Crippen LogP contribution in [-0.2, 0) is 6.42 Å². The van der Waals surface area contributed by atoms with Crippen LogP contribution in [-0.4, -0.2) is 13.7 Å². The van der Waals surface area contributed by atoms with Gasteiger partial charge in [-0.1, -0.05) is 35.9 Å². The fourth-order valence-corrected chi connectivity index (χ4v) is 3.27. The summed E-state index contributed by atoms with van der Waals surface area (Å²) < 4.78 is 5.69. The van der Waals surface area contributed by atoms with Crippen LogP contribution in [0.15, 0.2) is 36.4 Å². The molecule has 1 N–H and O–H groups in total. The van der Waals surface area contributed by atoms with Gasteiger partial charge in [0.1, 0.15) is 5.75 Å². The summed E-state index contributed by atoms with van der Waals surface area (Å²) in [5.74, 6) is 1.02. The van der Waals surface area contributed by atoms with Crippen molar-refractivity contribution in [1.82, 2.24) is 5.32 Å². The lowest BCUT2D eigenvalue weighted by Crippen LogP contribution is -2.19. The van der Waals surface area contributed by atoms with Crippen LogP contribution >= 0.6 is 11.6 Å². The molecule has 0 aromatic heterocycles. The van der Waals surface area contributed by atoms with Gasteiger partial charge in [0.05, 0.1) is 12.6 Å². The van der Waals surface area contributed by atoms with Crippen LogP contribution in [0.3, 0.4) is 0 Å². The van der Waals surface area contributed by atoms with Crippen molar-refractivity contribution in [1.29, 1.82) is 0 Å². The number of aryl methyl sites for hydroxylation is 2. The van der Waals surface area contributed by atoms with Gasteiger partial charge in [0.15, 0.2) is 0 Å². The maximum Gasteiger partial charge on any atom is 0.122 e. The molecular formula is C18H20ClNO. The highest BCUT2D eigenvalue weighted by Gasteiger charge is 2.18. The first-order chi connectivity index (χ1) is 10.2. The normalized spacial score (nSPS) is 15.2. The summed E-state index contributed by atoms with van der Waals surface area (Å²) in [4.78, 5) is 0. The molecular weight excluding hydrogens is 282 g/mol. The third kappa shape index (κ3) is 2.92. The summed E-state index contributed by atoms with van der Waals surface area (Å²) in [6.07, 6.45) is 2.17. The fraction of sp³-hybridized carbons (Fsp3) is 0.333. The van der Waals surface area contributed by atoms with Gasteiger partial charge in [0.25, 0.3) is 0 Å². The molecule has 0 spiro atoms. The second-order valence-electron chi connectivity index (χ2n) is 5.57. The van der Waals surface area contributed by atoms with Gasteiger partial charge in [-0.15, -0.1) is 0 Å². The van der Waals surface area contributed by atoms with Crippen molar-refractivity contribution in [2.75, 3.05) is 13.7 Å². The van der Waals surface area contributed by atoms with Crippen LogP contribution in [0.5, 0.6) is 5.75 Å². The molecule has 0 radical (unpaired) electrons. The molecule has 2 aromatic carbocycles. The Morgan fingerprint density at radius 2 is 2.05 bits per heavy atom. The zero-order valence-corrected chi connectivity index (χ0v) is 13.2. The third-order valence-corrected chi connectivity index (χ3v) is 4.35. The predicted molar refractivity (Wildman–Crippen MR) is 87.3 cm³/mol. The van der Waals surface area contributed by atoms with Crippen molar-refractivity contribution in [3.8, 4) is 5.75 Å². The number of hydrogen-bond donors (Lipinski definition) is 1. The molecule has 0 aliphatic carbocycles. The van der Waals surface area contributed by atoms with Crippen LogP contribution in [0.4, 0.5) is 0 Å². The fourth-order valence-electron chi connectivity index (χ4n) is 2.93. The summed E-state index contributed by atoms with van der Waals surface area (Å²) >= 11 is 6.43. The molecule has 0 amide bonds. The second-order valence-corrected chi connectivity index (χ2v) is 5.97. The minimum absolute atomic E-state index is 0.102. The van der Waals surface area contributed by atoms with E-state index in [1.165, 1.54) is 16.7 Å². The Balaban J connectivity index is 1.99. The van der Waals surface area contributed by atoms with Crippen LogP contribution < -0.4 is 10.1 Å². The molecule has 1 aliphatic rings. The maximum atomic E-state index is 6.43. The average Bonchev–Trinajstić information content (AvgIpc) is 2.50.